The van der Waals surface area contributed by atoms with Crippen molar-refractivity contribution in [3.63, 3.8) is 0 Å². The topological polar surface area (TPSA) is 76.0 Å². The second kappa shape index (κ2) is 4.65. The lowest BCUT2D eigenvalue weighted by Crippen LogP contribution is -2.06. The first-order chi connectivity index (χ1) is 8.15. The van der Waals surface area contributed by atoms with Crippen LogP contribution in [0.2, 0.25) is 0 Å². The Morgan fingerprint density at radius 1 is 1.41 bits per heavy atom. The summed E-state index contributed by atoms with van der Waals surface area (Å²) in [5, 5.41) is 15.8. The van der Waals surface area contributed by atoms with Gasteiger partial charge in [0.1, 0.15) is 12.2 Å². The summed E-state index contributed by atoms with van der Waals surface area (Å²) < 4.78 is 13.0. The van der Waals surface area contributed by atoms with Crippen LogP contribution in [0.3, 0.4) is 0 Å². The van der Waals surface area contributed by atoms with Crippen molar-refractivity contribution in [1.29, 1.82) is 0 Å². The second-order valence-corrected chi connectivity index (χ2v) is 3.34. The molecule has 1 N–H and O–H groups in total. The van der Waals surface area contributed by atoms with Gasteiger partial charge in [-0.2, -0.15) is 5.10 Å². The molecule has 0 spiro atoms. The Kier molecular flexibility index (Phi) is 3.04. The fourth-order valence-electron chi connectivity index (χ4n) is 1.34. The van der Waals surface area contributed by atoms with Crippen molar-refractivity contribution in [1.82, 2.24) is 15.2 Å². The molecule has 1 heterocycles. The van der Waals surface area contributed by atoms with E-state index in [1.807, 2.05) is 0 Å². The molecule has 86 valence electrons. The molecule has 0 bridgehead atoms. The molecule has 0 fully saturated rings. The molecule has 1 aromatic carbocycles. The quantitative estimate of drug-likeness (QED) is 0.864. The van der Waals surface area contributed by atoms with Crippen LogP contribution in [0.5, 0.6) is 0 Å². The first kappa shape index (κ1) is 11.1. The molecule has 0 saturated carbocycles. The molecular formula is C11H8FN3O2. The Morgan fingerprint density at radius 3 is 2.94 bits per heavy atom. The molecule has 0 saturated heterocycles. The third-order valence-corrected chi connectivity index (χ3v) is 2.03. The van der Waals surface area contributed by atoms with Gasteiger partial charge in [0.25, 0.3) is 0 Å². The maximum Gasteiger partial charge on any atom is 0.311 e. The highest BCUT2D eigenvalue weighted by Gasteiger charge is 2.07. The van der Waals surface area contributed by atoms with Gasteiger partial charge in [0.15, 0.2) is 5.82 Å². The number of aromatic nitrogens is 3. The highest BCUT2D eigenvalue weighted by molar-refractivity contribution is 5.69. The summed E-state index contributed by atoms with van der Waals surface area (Å²) in [6, 6.07) is 5.83. The van der Waals surface area contributed by atoms with Crippen molar-refractivity contribution >= 4 is 5.97 Å². The lowest BCUT2D eigenvalue weighted by molar-refractivity contribution is -0.136. The number of hydrogen-bond acceptors (Lipinski definition) is 4. The predicted octanol–water partition coefficient (Wildman–Crippen LogP) is 1.30. The van der Waals surface area contributed by atoms with Crippen molar-refractivity contribution in [3.05, 3.63) is 42.1 Å². The minimum atomic E-state index is -1.04. The molecule has 6 heteroatoms. The number of carboxylic acids is 1. The minimum Gasteiger partial charge on any atom is -0.481 e. The highest BCUT2D eigenvalue weighted by atomic mass is 19.1. The number of hydrogen-bond donors (Lipinski definition) is 1. The molecule has 2 aromatic rings. The van der Waals surface area contributed by atoms with E-state index in [9.17, 15) is 9.18 Å². The van der Waals surface area contributed by atoms with E-state index in [1.165, 1.54) is 18.3 Å². The van der Waals surface area contributed by atoms with Gasteiger partial charge in [-0.15, -0.1) is 5.10 Å². The number of rotatable bonds is 3. The molecule has 0 radical (unpaired) electrons. The summed E-state index contributed by atoms with van der Waals surface area (Å²) in [4.78, 5) is 14.5. The number of carbonyl (C=O) groups is 1. The summed E-state index contributed by atoms with van der Waals surface area (Å²) in [6.07, 6.45) is 1.05. The van der Waals surface area contributed by atoms with Crippen molar-refractivity contribution in [2.45, 2.75) is 6.42 Å². The zero-order valence-electron chi connectivity index (χ0n) is 8.67. The van der Waals surface area contributed by atoms with Crippen LogP contribution in [0.15, 0.2) is 30.5 Å². The zero-order chi connectivity index (χ0) is 12.3. The van der Waals surface area contributed by atoms with Crippen LogP contribution in [0, 0.1) is 5.82 Å². The maximum absolute atomic E-state index is 13.0. The van der Waals surface area contributed by atoms with Gasteiger partial charge in [-0.05, 0) is 12.1 Å². The number of nitrogens with zero attached hydrogens (tertiary/aromatic N) is 3. The maximum atomic E-state index is 13.0. The molecule has 1 aromatic heterocycles. The van der Waals surface area contributed by atoms with Gasteiger partial charge in [-0.3, -0.25) is 4.79 Å². The molecule has 2 rings (SSSR count). The summed E-state index contributed by atoms with van der Waals surface area (Å²) in [5.74, 6) is -1.33. The average Bonchev–Trinajstić information content (AvgIpc) is 2.28. The number of carboxylic acid groups (broad SMARTS) is 1. The molecule has 0 aliphatic heterocycles. The van der Waals surface area contributed by atoms with E-state index in [-0.39, 0.29) is 18.1 Å². The predicted molar refractivity (Wildman–Crippen MR) is 56.6 cm³/mol. The summed E-state index contributed by atoms with van der Waals surface area (Å²) in [6.45, 7) is 0. The lowest BCUT2D eigenvalue weighted by Gasteiger charge is -2.01. The van der Waals surface area contributed by atoms with E-state index in [4.69, 9.17) is 5.11 Å². The molecule has 0 atom stereocenters. The SMILES string of the molecule is O=C(O)Cc1nncc(-c2cccc(F)c2)n1. The Morgan fingerprint density at radius 2 is 2.24 bits per heavy atom. The third-order valence-electron chi connectivity index (χ3n) is 2.03. The Balaban J connectivity index is 2.36. The molecule has 5 nitrogen and oxygen atoms in total. The summed E-state index contributed by atoms with van der Waals surface area (Å²) >= 11 is 0. The average molecular weight is 233 g/mol. The van der Waals surface area contributed by atoms with Crippen molar-refractivity contribution < 1.29 is 14.3 Å². The minimum absolute atomic E-state index is 0.0965. The first-order valence-corrected chi connectivity index (χ1v) is 4.81. The Labute approximate surface area is 96.0 Å². The molecule has 0 amide bonds. The van der Waals surface area contributed by atoms with E-state index in [0.717, 1.165) is 0 Å². The molecule has 17 heavy (non-hydrogen) atoms. The van der Waals surface area contributed by atoms with E-state index in [1.54, 1.807) is 12.1 Å². The van der Waals surface area contributed by atoms with Crippen LogP contribution in [0.1, 0.15) is 5.82 Å². The van der Waals surface area contributed by atoms with Crippen LogP contribution < -0.4 is 0 Å². The summed E-state index contributed by atoms with van der Waals surface area (Å²) in [7, 11) is 0. The first-order valence-electron chi connectivity index (χ1n) is 4.81. The highest BCUT2D eigenvalue weighted by Crippen LogP contribution is 2.16. The standard InChI is InChI=1S/C11H8FN3O2/c12-8-3-1-2-7(4-8)9-6-13-15-10(14-9)5-11(16)17/h1-4,6H,5H2,(H,16,17). The number of halogens is 1. The van der Waals surface area contributed by atoms with Crippen LogP contribution in [0.25, 0.3) is 11.3 Å². The van der Waals surface area contributed by atoms with Crippen molar-refractivity contribution in [2.75, 3.05) is 0 Å². The van der Waals surface area contributed by atoms with Gasteiger partial charge in [-0.1, -0.05) is 12.1 Å². The fourth-order valence-corrected chi connectivity index (χ4v) is 1.34. The largest absolute Gasteiger partial charge is 0.481 e. The number of benzene rings is 1. The lowest BCUT2D eigenvalue weighted by atomic mass is 10.1. The Hall–Kier alpha value is -2.37. The Bertz CT molecular complexity index is 560. The van der Waals surface area contributed by atoms with Crippen LogP contribution in [0.4, 0.5) is 4.39 Å². The van der Waals surface area contributed by atoms with Crippen LogP contribution in [-0.4, -0.2) is 26.3 Å². The van der Waals surface area contributed by atoms with Gasteiger partial charge in [0, 0.05) is 5.56 Å². The van der Waals surface area contributed by atoms with E-state index >= 15 is 0 Å². The van der Waals surface area contributed by atoms with Gasteiger partial charge in [0.2, 0.25) is 0 Å². The van der Waals surface area contributed by atoms with Crippen LogP contribution in [-0.2, 0) is 11.2 Å². The van der Waals surface area contributed by atoms with Crippen molar-refractivity contribution in [3.8, 4) is 11.3 Å². The monoisotopic (exact) mass is 233 g/mol. The molecule has 0 aliphatic rings. The zero-order valence-corrected chi connectivity index (χ0v) is 8.67. The normalized spacial score (nSPS) is 10.2. The van der Waals surface area contributed by atoms with E-state index in [2.05, 4.69) is 15.2 Å². The van der Waals surface area contributed by atoms with Gasteiger partial charge in [0.05, 0.1) is 11.9 Å². The number of aliphatic carboxylic acids is 1. The van der Waals surface area contributed by atoms with Gasteiger partial charge >= 0.3 is 5.97 Å². The van der Waals surface area contributed by atoms with Crippen molar-refractivity contribution in [2.24, 2.45) is 0 Å². The second-order valence-electron chi connectivity index (χ2n) is 3.34. The van der Waals surface area contributed by atoms with Gasteiger partial charge in [-0.25, -0.2) is 9.37 Å². The smallest absolute Gasteiger partial charge is 0.311 e. The van der Waals surface area contributed by atoms with Gasteiger partial charge < -0.3 is 5.11 Å². The van der Waals surface area contributed by atoms with Crippen LogP contribution >= 0.6 is 0 Å². The fraction of sp³-hybridized carbons (Fsp3) is 0.0909. The third kappa shape index (κ3) is 2.81. The molecule has 0 aliphatic carbocycles. The summed E-state index contributed by atoms with van der Waals surface area (Å²) in [5.41, 5.74) is 0.933. The van der Waals surface area contributed by atoms with E-state index < -0.39 is 5.97 Å². The van der Waals surface area contributed by atoms with E-state index in [0.29, 0.717) is 11.3 Å². The molecular weight excluding hydrogens is 225 g/mol. The molecule has 0 unspecified atom stereocenters.